The molecule has 1 amide bonds. The highest BCUT2D eigenvalue weighted by molar-refractivity contribution is 5.91. The van der Waals surface area contributed by atoms with Gasteiger partial charge in [-0.05, 0) is 18.6 Å². The molecule has 0 spiro atoms. The standard InChI is InChI=1S/C18H23N5O/c1-14-21-16(13-17(22-14)23(2)3)19-11-12-20-18(24)10-9-15-7-5-4-6-8-15/h4-10,13H,11-12H2,1-3H3,(H,20,24)(H,19,21,22)/b10-9+. The van der Waals surface area contributed by atoms with Gasteiger partial charge in [0.1, 0.15) is 17.5 Å². The number of carbonyl (C=O) groups is 1. The first-order valence-corrected chi connectivity index (χ1v) is 7.82. The van der Waals surface area contributed by atoms with Gasteiger partial charge in [-0.15, -0.1) is 0 Å². The number of nitrogens with zero attached hydrogens (tertiary/aromatic N) is 3. The molecule has 2 rings (SSSR count). The fourth-order valence-electron chi connectivity index (χ4n) is 2.04. The largest absolute Gasteiger partial charge is 0.368 e. The van der Waals surface area contributed by atoms with Gasteiger partial charge in [-0.3, -0.25) is 4.79 Å². The van der Waals surface area contributed by atoms with Crippen LogP contribution in [0.3, 0.4) is 0 Å². The van der Waals surface area contributed by atoms with Gasteiger partial charge in [0.2, 0.25) is 5.91 Å². The molecular weight excluding hydrogens is 302 g/mol. The fourth-order valence-corrected chi connectivity index (χ4v) is 2.04. The molecule has 1 heterocycles. The lowest BCUT2D eigenvalue weighted by atomic mass is 10.2. The monoisotopic (exact) mass is 325 g/mol. The van der Waals surface area contributed by atoms with Gasteiger partial charge in [0.15, 0.2) is 0 Å². The van der Waals surface area contributed by atoms with Crippen LogP contribution >= 0.6 is 0 Å². The van der Waals surface area contributed by atoms with Crippen LogP contribution in [0.5, 0.6) is 0 Å². The third-order valence-corrected chi connectivity index (χ3v) is 3.24. The molecule has 0 radical (unpaired) electrons. The lowest BCUT2D eigenvalue weighted by Crippen LogP contribution is -2.27. The van der Waals surface area contributed by atoms with Gasteiger partial charge < -0.3 is 15.5 Å². The van der Waals surface area contributed by atoms with Crippen LogP contribution in [0, 0.1) is 6.92 Å². The van der Waals surface area contributed by atoms with Crippen molar-refractivity contribution in [3.05, 3.63) is 53.9 Å². The number of amides is 1. The maximum Gasteiger partial charge on any atom is 0.244 e. The van der Waals surface area contributed by atoms with Gasteiger partial charge in [-0.2, -0.15) is 0 Å². The zero-order chi connectivity index (χ0) is 17.4. The summed E-state index contributed by atoms with van der Waals surface area (Å²) in [5, 5.41) is 6.03. The quantitative estimate of drug-likeness (QED) is 0.602. The van der Waals surface area contributed by atoms with E-state index in [1.165, 1.54) is 6.08 Å². The molecule has 0 unspecified atom stereocenters. The van der Waals surface area contributed by atoms with E-state index in [0.29, 0.717) is 18.9 Å². The van der Waals surface area contributed by atoms with Gasteiger partial charge in [-0.1, -0.05) is 30.3 Å². The van der Waals surface area contributed by atoms with E-state index in [0.717, 1.165) is 17.2 Å². The third kappa shape index (κ3) is 5.72. The SMILES string of the molecule is Cc1nc(NCCNC(=O)/C=C/c2ccccc2)cc(N(C)C)n1. The van der Waals surface area contributed by atoms with Crippen molar-refractivity contribution >= 4 is 23.6 Å². The summed E-state index contributed by atoms with van der Waals surface area (Å²) in [6.07, 6.45) is 3.33. The number of benzene rings is 1. The van der Waals surface area contributed by atoms with E-state index in [-0.39, 0.29) is 5.91 Å². The van der Waals surface area contributed by atoms with Crippen molar-refractivity contribution in [1.29, 1.82) is 0 Å². The molecule has 0 bridgehead atoms. The Hall–Kier alpha value is -2.89. The Labute approximate surface area is 142 Å². The Balaban J connectivity index is 1.76. The molecule has 0 aliphatic rings. The zero-order valence-corrected chi connectivity index (χ0v) is 14.3. The summed E-state index contributed by atoms with van der Waals surface area (Å²) in [6.45, 7) is 2.96. The summed E-state index contributed by atoms with van der Waals surface area (Å²) in [7, 11) is 3.87. The van der Waals surface area contributed by atoms with Crippen LogP contribution in [-0.4, -0.2) is 43.1 Å². The van der Waals surface area contributed by atoms with E-state index < -0.39 is 0 Å². The highest BCUT2D eigenvalue weighted by atomic mass is 16.1. The van der Waals surface area contributed by atoms with Crippen LogP contribution in [0.4, 0.5) is 11.6 Å². The van der Waals surface area contributed by atoms with Crippen molar-refractivity contribution in [1.82, 2.24) is 15.3 Å². The van der Waals surface area contributed by atoms with Crippen molar-refractivity contribution in [3.8, 4) is 0 Å². The normalized spacial score (nSPS) is 10.6. The second-order valence-corrected chi connectivity index (χ2v) is 5.51. The highest BCUT2D eigenvalue weighted by Crippen LogP contribution is 2.12. The second kappa shape index (κ2) is 8.67. The lowest BCUT2D eigenvalue weighted by Gasteiger charge is -2.14. The summed E-state index contributed by atoms with van der Waals surface area (Å²) in [5.41, 5.74) is 0.999. The summed E-state index contributed by atoms with van der Waals surface area (Å²) >= 11 is 0. The molecule has 6 heteroatoms. The Morgan fingerprint density at radius 1 is 1.17 bits per heavy atom. The molecule has 6 nitrogen and oxygen atoms in total. The van der Waals surface area contributed by atoms with E-state index in [1.54, 1.807) is 6.08 Å². The average molecular weight is 325 g/mol. The van der Waals surface area contributed by atoms with E-state index in [9.17, 15) is 4.79 Å². The number of hydrogen-bond acceptors (Lipinski definition) is 5. The van der Waals surface area contributed by atoms with Crippen LogP contribution in [-0.2, 0) is 4.79 Å². The molecule has 2 aromatic rings. The Kier molecular flexibility index (Phi) is 6.31. The molecule has 0 atom stereocenters. The first-order chi connectivity index (χ1) is 11.5. The number of aryl methyl sites for hydroxylation is 1. The van der Waals surface area contributed by atoms with Crippen LogP contribution < -0.4 is 15.5 Å². The predicted molar refractivity (Wildman–Crippen MR) is 98.1 cm³/mol. The highest BCUT2D eigenvalue weighted by Gasteiger charge is 2.03. The van der Waals surface area contributed by atoms with E-state index in [4.69, 9.17) is 0 Å². The van der Waals surface area contributed by atoms with E-state index >= 15 is 0 Å². The predicted octanol–water partition coefficient (Wildman–Crippen LogP) is 2.09. The molecule has 0 saturated carbocycles. The van der Waals surface area contributed by atoms with E-state index in [2.05, 4.69) is 20.6 Å². The van der Waals surface area contributed by atoms with Crippen LogP contribution in [0.2, 0.25) is 0 Å². The molecule has 1 aromatic heterocycles. The molecule has 24 heavy (non-hydrogen) atoms. The second-order valence-electron chi connectivity index (χ2n) is 5.51. The minimum absolute atomic E-state index is 0.117. The molecule has 2 N–H and O–H groups in total. The van der Waals surface area contributed by atoms with Crippen LogP contribution in [0.1, 0.15) is 11.4 Å². The first kappa shape index (κ1) is 17.5. The number of nitrogens with one attached hydrogen (secondary N) is 2. The van der Waals surface area contributed by atoms with Crippen LogP contribution in [0.15, 0.2) is 42.5 Å². The third-order valence-electron chi connectivity index (χ3n) is 3.24. The minimum atomic E-state index is -0.117. The van der Waals surface area contributed by atoms with Gasteiger partial charge in [0.25, 0.3) is 0 Å². The maximum atomic E-state index is 11.8. The molecule has 0 aliphatic heterocycles. The smallest absolute Gasteiger partial charge is 0.244 e. The minimum Gasteiger partial charge on any atom is -0.368 e. The van der Waals surface area contributed by atoms with Crippen molar-refractivity contribution in [3.63, 3.8) is 0 Å². The fraction of sp³-hybridized carbons (Fsp3) is 0.278. The molecule has 0 fully saturated rings. The first-order valence-electron chi connectivity index (χ1n) is 7.82. The Bertz CT molecular complexity index is 698. The summed E-state index contributed by atoms with van der Waals surface area (Å²) in [5.74, 6) is 2.19. The van der Waals surface area contributed by atoms with Gasteiger partial charge in [-0.25, -0.2) is 9.97 Å². The molecule has 1 aromatic carbocycles. The van der Waals surface area contributed by atoms with Gasteiger partial charge in [0, 0.05) is 39.3 Å². The number of hydrogen-bond donors (Lipinski definition) is 2. The number of aromatic nitrogens is 2. The molecular formula is C18H23N5O. The number of rotatable bonds is 7. The number of carbonyl (C=O) groups excluding carboxylic acids is 1. The van der Waals surface area contributed by atoms with Crippen molar-refractivity contribution < 1.29 is 4.79 Å². The lowest BCUT2D eigenvalue weighted by molar-refractivity contribution is -0.116. The van der Waals surface area contributed by atoms with Gasteiger partial charge >= 0.3 is 0 Å². The summed E-state index contributed by atoms with van der Waals surface area (Å²) in [4.78, 5) is 22.4. The van der Waals surface area contributed by atoms with Gasteiger partial charge in [0.05, 0.1) is 0 Å². The van der Waals surface area contributed by atoms with Crippen LogP contribution in [0.25, 0.3) is 6.08 Å². The Morgan fingerprint density at radius 2 is 1.92 bits per heavy atom. The summed E-state index contributed by atoms with van der Waals surface area (Å²) < 4.78 is 0. The summed E-state index contributed by atoms with van der Waals surface area (Å²) in [6, 6.07) is 11.6. The molecule has 0 aliphatic carbocycles. The molecule has 126 valence electrons. The maximum absolute atomic E-state index is 11.8. The van der Waals surface area contributed by atoms with Crippen molar-refractivity contribution in [2.75, 3.05) is 37.4 Å². The topological polar surface area (TPSA) is 70.2 Å². The Morgan fingerprint density at radius 3 is 2.62 bits per heavy atom. The van der Waals surface area contributed by atoms with E-state index in [1.807, 2.05) is 62.3 Å². The average Bonchev–Trinajstić information content (AvgIpc) is 2.57. The van der Waals surface area contributed by atoms with Crippen molar-refractivity contribution in [2.24, 2.45) is 0 Å². The van der Waals surface area contributed by atoms with Crippen molar-refractivity contribution in [2.45, 2.75) is 6.92 Å². The zero-order valence-electron chi connectivity index (χ0n) is 14.3. The number of anilines is 2. The molecule has 0 saturated heterocycles.